The number of nitrogens with one attached hydrogen (secondary N) is 1. The lowest BCUT2D eigenvalue weighted by Gasteiger charge is -2.30. The number of hydrogen-bond acceptors (Lipinski definition) is 4. The molecule has 1 aromatic rings. The van der Waals surface area contributed by atoms with Gasteiger partial charge >= 0.3 is 6.09 Å². The molecule has 18 heavy (non-hydrogen) atoms. The maximum Gasteiger partial charge on any atom is 0.425 e. The van der Waals surface area contributed by atoms with E-state index in [-0.39, 0.29) is 24.0 Å². The lowest BCUT2D eigenvalue weighted by atomic mass is 9.79. The summed E-state index contributed by atoms with van der Waals surface area (Å²) in [4.78, 5) is 23.4. The number of amides is 2. The first-order valence-corrected chi connectivity index (χ1v) is 5.85. The van der Waals surface area contributed by atoms with Crippen molar-refractivity contribution in [1.82, 2.24) is 5.01 Å². The molecule has 1 saturated heterocycles. The number of ether oxygens (including phenoxy) is 1. The first-order chi connectivity index (χ1) is 8.66. The molecule has 4 rings (SSSR count). The zero-order chi connectivity index (χ0) is 12.4. The predicted molar refractivity (Wildman–Crippen MR) is 61.5 cm³/mol. The fraction of sp³-hybridized carbons (Fsp3) is 0.333. The number of fused-ring (bicyclic) bond motifs is 2. The van der Waals surface area contributed by atoms with E-state index in [1.807, 2.05) is 18.2 Å². The Morgan fingerprint density at radius 3 is 3.06 bits per heavy atom. The van der Waals surface area contributed by atoms with Gasteiger partial charge in [-0.25, -0.2) is 15.6 Å². The van der Waals surface area contributed by atoms with E-state index >= 15 is 0 Å². The summed E-state index contributed by atoms with van der Waals surface area (Å²) in [6.07, 6.45) is -0.368. The van der Waals surface area contributed by atoms with E-state index in [0.717, 1.165) is 21.8 Å². The normalized spacial score (nSPS) is 31.8. The maximum atomic E-state index is 11.9. The third kappa shape index (κ3) is 1.01. The first kappa shape index (κ1) is 9.90. The molecule has 0 saturated carbocycles. The topological polar surface area (TPSA) is 84.7 Å². The molecule has 0 radical (unpaired) electrons. The summed E-state index contributed by atoms with van der Waals surface area (Å²) in [5.74, 6) is 5.45. The van der Waals surface area contributed by atoms with Crippen LogP contribution in [0.3, 0.4) is 0 Å². The Balaban J connectivity index is 1.91. The van der Waals surface area contributed by atoms with E-state index in [1.54, 1.807) is 0 Å². The summed E-state index contributed by atoms with van der Waals surface area (Å²) in [5.41, 5.74) is 2.69. The molecule has 2 amide bonds. The van der Waals surface area contributed by atoms with Crippen molar-refractivity contribution in [3.05, 3.63) is 29.3 Å². The number of rotatable bonds is 0. The molecule has 0 spiro atoms. The Morgan fingerprint density at radius 1 is 1.39 bits per heavy atom. The smallest absolute Gasteiger partial charge is 0.425 e. The number of anilines is 1. The molecule has 1 fully saturated rings. The maximum absolute atomic E-state index is 11.9. The van der Waals surface area contributed by atoms with Crippen molar-refractivity contribution in [1.29, 1.82) is 0 Å². The molecule has 1 aromatic carbocycles. The van der Waals surface area contributed by atoms with Crippen LogP contribution < -0.4 is 11.2 Å². The van der Waals surface area contributed by atoms with Crippen LogP contribution in [0, 0.1) is 0 Å². The monoisotopic (exact) mass is 245 g/mol. The number of benzene rings is 1. The summed E-state index contributed by atoms with van der Waals surface area (Å²) < 4.78 is 5.29. The van der Waals surface area contributed by atoms with Gasteiger partial charge in [-0.1, -0.05) is 12.1 Å². The van der Waals surface area contributed by atoms with Crippen LogP contribution in [0.5, 0.6) is 0 Å². The first-order valence-electron chi connectivity index (χ1n) is 5.85. The molecule has 6 heteroatoms. The van der Waals surface area contributed by atoms with Crippen molar-refractivity contribution < 1.29 is 14.3 Å². The number of carbonyl (C=O) groups excluding carboxylic acids is 2. The highest BCUT2D eigenvalue weighted by Crippen LogP contribution is 2.49. The number of hydrogen-bond donors (Lipinski definition) is 2. The summed E-state index contributed by atoms with van der Waals surface area (Å²) in [5, 5.41) is 3.96. The molecule has 3 atom stereocenters. The van der Waals surface area contributed by atoms with Gasteiger partial charge in [0.1, 0.15) is 0 Å². The van der Waals surface area contributed by atoms with Gasteiger partial charge in [0.2, 0.25) is 5.91 Å². The fourth-order valence-electron chi connectivity index (χ4n) is 3.18. The van der Waals surface area contributed by atoms with Crippen molar-refractivity contribution in [2.75, 3.05) is 5.32 Å². The van der Waals surface area contributed by atoms with Crippen molar-refractivity contribution in [3.8, 4) is 0 Å². The second-order valence-corrected chi connectivity index (χ2v) is 4.86. The molecule has 0 bridgehead atoms. The summed E-state index contributed by atoms with van der Waals surface area (Å²) in [6, 6.07) is 5.37. The molecule has 3 aliphatic rings. The number of nitrogens with zero attached hydrogens (tertiary/aromatic N) is 1. The van der Waals surface area contributed by atoms with E-state index in [2.05, 4.69) is 5.32 Å². The minimum Gasteiger partial charge on any atom is -0.438 e. The SMILES string of the molecule is NN1C(=O)O[C@@H]2c3cccc4c3[C@H](C[C@@H]21)C(=O)N4. The standard InChI is InChI=1S/C12H11N3O3/c13-15-8-4-6-9-5(10(8)18-12(15)17)2-1-3-7(9)14-11(6)16/h1-3,6,8,10H,4,13H2,(H,14,16)/t6-,8-,10+/m0/s1. The Kier molecular flexibility index (Phi) is 1.66. The fourth-order valence-corrected chi connectivity index (χ4v) is 3.18. The molecule has 0 unspecified atom stereocenters. The predicted octanol–water partition coefficient (Wildman–Crippen LogP) is 0.862. The largest absolute Gasteiger partial charge is 0.438 e. The highest BCUT2D eigenvalue weighted by atomic mass is 16.6. The number of nitrogens with two attached hydrogens (primary N) is 1. The van der Waals surface area contributed by atoms with Gasteiger partial charge in [0.25, 0.3) is 0 Å². The van der Waals surface area contributed by atoms with Gasteiger partial charge in [-0.2, -0.15) is 0 Å². The van der Waals surface area contributed by atoms with Crippen molar-refractivity contribution in [2.45, 2.75) is 24.5 Å². The van der Waals surface area contributed by atoms with E-state index in [1.165, 1.54) is 0 Å². The Bertz CT molecular complexity index is 586. The minimum atomic E-state index is -0.525. The van der Waals surface area contributed by atoms with Crippen LogP contribution in [-0.2, 0) is 9.53 Å². The molecular weight excluding hydrogens is 234 g/mol. The Morgan fingerprint density at radius 2 is 2.22 bits per heavy atom. The van der Waals surface area contributed by atoms with Crippen LogP contribution in [-0.4, -0.2) is 23.1 Å². The molecule has 6 nitrogen and oxygen atoms in total. The van der Waals surface area contributed by atoms with E-state index in [0.29, 0.717) is 6.42 Å². The van der Waals surface area contributed by atoms with E-state index in [4.69, 9.17) is 10.6 Å². The van der Waals surface area contributed by atoms with Gasteiger partial charge in [-0.05, 0) is 18.1 Å². The third-order valence-corrected chi connectivity index (χ3v) is 3.99. The Hall–Kier alpha value is -2.08. The number of hydrazine groups is 1. The van der Waals surface area contributed by atoms with Crippen LogP contribution >= 0.6 is 0 Å². The highest BCUT2D eigenvalue weighted by molar-refractivity contribution is 6.04. The van der Waals surface area contributed by atoms with Crippen LogP contribution in [0.25, 0.3) is 0 Å². The molecule has 0 aromatic heterocycles. The van der Waals surface area contributed by atoms with Gasteiger partial charge < -0.3 is 10.1 Å². The van der Waals surface area contributed by atoms with Crippen molar-refractivity contribution >= 4 is 17.7 Å². The number of carbonyl (C=O) groups is 2. The average molecular weight is 245 g/mol. The minimum absolute atomic E-state index is 0.0244. The van der Waals surface area contributed by atoms with Crippen LogP contribution in [0.1, 0.15) is 29.6 Å². The molecule has 92 valence electrons. The summed E-state index contributed by atoms with van der Waals surface area (Å²) >= 11 is 0. The second-order valence-electron chi connectivity index (χ2n) is 4.86. The van der Waals surface area contributed by atoms with Gasteiger partial charge in [-0.3, -0.25) is 4.79 Å². The quantitative estimate of drug-likeness (QED) is 0.524. The lowest BCUT2D eigenvalue weighted by Crippen LogP contribution is -2.43. The van der Waals surface area contributed by atoms with Crippen LogP contribution in [0.4, 0.5) is 10.5 Å². The van der Waals surface area contributed by atoms with Gasteiger partial charge in [-0.15, -0.1) is 0 Å². The molecule has 3 N–H and O–H groups in total. The Labute approximate surface area is 103 Å². The zero-order valence-electron chi connectivity index (χ0n) is 9.42. The van der Waals surface area contributed by atoms with Gasteiger partial charge in [0, 0.05) is 11.3 Å². The average Bonchev–Trinajstić information content (AvgIpc) is 2.83. The van der Waals surface area contributed by atoms with Crippen LogP contribution in [0.15, 0.2) is 18.2 Å². The molecule has 2 heterocycles. The third-order valence-electron chi connectivity index (χ3n) is 3.99. The van der Waals surface area contributed by atoms with Gasteiger partial charge in [0.05, 0.1) is 12.0 Å². The lowest BCUT2D eigenvalue weighted by molar-refractivity contribution is -0.117. The van der Waals surface area contributed by atoms with Gasteiger partial charge in [0.15, 0.2) is 6.10 Å². The van der Waals surface area contributed by atoms with Crippen molar-refractivity contribution in [2.24, 2.45) is 5.84 Å². The highest BCUT2D eigenvalue weighted by Gasteiger charge is 2.51. The summed E-state index contributed by atoms with van der Waals surface area (Å²) in [6.45, 7) is 0. The van der Waals surface area contributed by atoms with Crippen molar-refractivity contribution in [3.63, 3.8) is 0 Å². The zero-order valence-corrected chi connectivity index (χ0v) is 9.42. The molecule has 2 aliphatic heterocycles. The molecule has 1 aliphatic carbocycles. The summed E-state index contributed by atoms with van der Waals surface area (Å²) in [7, 11) is 0. The van der Waals surface area contributed by atoms with E-state index < -0.39 is 6.09 Å². The van der Waals surface area contributed by atoms with Crippen LogP contribution in [0.2, 0.25) is 0 Å². The molecular formula is C12H11N3O3. The van der Waals surface area contributed by atoms with E-state index in [9.17, 15) is 9.59 Å². The second kappa shape index (κ2) is 3.02.